The third-order valence-electron chi connectivity index (χ3n) is 3.11. The van der Waals surface area contributed by atoms with Crippen LogP contribution in [0.15, 0.2) is 12.2 Å². The summed E-state index contributed by atoms with van der Waals surface area (Å²) in [4.78, 5) is 0. The van der Waals surface area contributed by atoms with Crippen LogP contribution in [0.5, 0.6) is 0 Å². The molecule has 3 nitrogen and oxygen atoms in total. The summed E-state index contributed by atoms with van der Waals surface area (Å²) in [6, 6.07) is 0. The summed E-state index contributed by atoms with van der Waals surface area (Å²) in [5.41, 5.74) is -0.497. The quantitative estimate of drug-likeness (QED) is 0.405. The van der Waals surface area contributed by atoms with Gasteiger partial charge in [-0.25, -0.2) is 0 Å². The van der Waals surface area contributed by atoms with Gasteiger partial charge in [0.15, 0.2) is 0 Å². The molecule has 62 valence electrons. The number of fused-ring (bicyclic) bond motifs is 1. The Balaban J connectivity index is 2.33. The molecule has 2 aliphatic rings. The SMILES string of the molecule is C=C1[C@@H](C)[C@H](O)[C@@]2(O)C(O)[C@@H]12. The molecule has 2 fully saturated rings. The number of aliphatic hydroxyl groups excluding tert-OH is 2. The summed E-state index contributed by atoms with van der Waals surface area (Å²) in [6.45, 7) is 5.53. The van der Waals surface area contributed by atoms with Gasteiger partial charge in [-0.1, -0.05) is 19.1 Å². The summed E-state index contributed by atoms with van der Waals surface area (Å²) in [5.74, 6) is -0.374. The Morgan fingerprint density at radius 3 is 2.18 bits per heavy atom. The van der Waals surface area contributed by atoms with E-state index >= 15 is 0 Å². The van der Waals surface area contributed by atoms with Gasteiger partial charge in [0.1, 0.15) is 5.60 Å². The summed E-state index contributed by atoms with van der Waals surface area (Å²) in [5, 5.41) is 28.2. The van der Waals surface area contributed by atoms with Crippen LogP contribution in [-0.4, -0.2) is 33.1 Å². The Hall–Kier alpha value is -0.380. The van der Waals surface area contributed by atoms with Crippen molar-refractivity contribution in [3.8, 4) is 0 Å². The largest absolute Gasteiger partial charge is 0.389 e. The first kappa shape index (κ1) is 7.28. The lowest BCUT2D eigenvalue weighted by atomic mass is 9.98. The highest BCUT2D eigenvalue weighted by Gasteiger charge is 2.74. The van der Waals surface area contributed by atoms with Gasteiger partial charge in [0.25, 0.3) is 0 Å². The Morgan fingerprint density at radius 1 is 1.36 bits per heavy atom. The summed E-state index contributed by atoms with van der Waals surface area (Å²) < 4.78 is 0. The van der Waals surface area contributed by atoms with Crippen molar-refractivity contribution in [2.75, 3.05) is 0 Å². The summed E-state index contributed by atoms with van der Waals surface area (Å²) in [7, 11) is 0. The molecule has 1 unspecified atom stereocenters. The molecule has 0 bridgehead atoms. The third-order valence-corrected chi connectivity index (χ3v) is 3.11. The number of hydrogen-bond donors (Lipinski definition) is 3. The fourth-order valence-electron chi connectivity index (χ4n) is 2.12. The van der Waals surface area contributed by atoms with Gasteiger partial charge in [-0.05, 0) is 0 Å². The highest BCUT2D eigenvalue weighted by molar-refractivity contribution is 5.38. The van der Waals surface area contributed by atoms with Crippen LogP contribution in [0, 0.1) is 11.8 Å². The third kappa shape index (κ3) is 0.559. The first-order chi connectivity index (χ1) is 5.01. The van der Waals surface area contributed by atoms with Crippen LogP contribution in [-0.2, 0) is 0 Å². The monoisotopic (exact) mass is 156 g/mol. The number of rotatable bonds is 0. The molecule has 2 saturated carbocycles. The van der Waals surface area contributed by atoms with Crippen molar-refractivity contribution in [3.05, 3.63) is 12.2 Å². The molecule has 2 rings (SSSR count). The molecule has 0 spiro atoms. The predicted molar refractivity (Wildman–Crippen MR) is 38.8 cm³/mol. The lowest BCUT2D eigenvalue weighted by Gasteiger charge is -2.18. The van der Waals surface area contributed by atoms with Crippen molar-refractivity contribution in [2.24, 2.45) is 11.8 Å². The van der Waals surface area contributed by atoms with Crippen LogP contribution in [0.4, 0.5) is 0 Å². The maximum atomic E-state index is 9.59. The fourth-order valence-corrected chi connectivity index (χ4v) is 2.12. The molecule has 0 heterocycles. The van der Waals surface area contributed by atoms with Crippen molar-refractivity contribution in [2.45, 2.75) is 24.7 Å². The number of aliphatic hydroxyl groups is 3. The first-order valence-corrected chi connectivity index (χ1v) is 3.78. The van der Waals surface area contributed by atoms with Crippen molar-refractivity contribution in [3.63, 3.8) is 0 Å². The van der Waals surface area contributed by atoms with Gasteiger partial charge >= 0.3 is 0 Å². The highest BCUT2D eigenvalue weighted by Crippen LogP contribution is 2.60. The molecule has 3 heteroatoms. The Morgan fingerprint density at radius 2 is 1.91 bits per heavy atom. The van der Waals surface area contributed by atoms with E-state index in [4.69, 9.17) is 0 Å². The molecular weight excluding hydrogens is 144 g/mol. The van der Waals surface area contributed by atoms with E-state index in [9.17, 15) is 15.3 Å². The zero-order valence-electron chi connectivity index (χ0n) is 6.36. The van der Waals surface area contributed by atoms with Gasteiger partial charge in [-0.2, -0.15) is 0 Å². The molecule has 0 amide bonds. The molecule has 11 heavy (non-hydrogen) atoms. The molecule has 0 aromatic heterocycles. The molecule has 0 radical (unpaired) electrons. The normalized spacial score (nSPS) is 61.3. The van der Waals surface area contributed by atoms with Crippen molar-refractivity contribution in [1.82, 2.24) is 0 Å². The van der Waals surface area contributed by atoms with E-state index in [1.807, 2.05) is 6.92 Å². The Labute approximate surface area is 65.0 Å². The van der Waals surface area contributed by atoms with Gasteiger partial charge in [0, 0.05) is 11.8 Å². The van der Waals surface area contributed by atoms with Gasteiger partial charge in [0.2, 0.25) is 0 Å². The van der Waals surface area contributed by atoms with Gasteiger partial charge in [0.05, 0.1) is 12.2 Å². The first-order valence-electron chi connectivity index (χ1n) is 3.78. The lowest BCUT2D eigenvalue weighted by molar-refractivity contribution is -0.0373. The van der Waals surface area contributed by atoms with E-state index in [0.717, 1.165) is 5.57 Å². The zero-order chi connectivity index (χ0) is 8.39. The van der Waals surface area contributed by atoms with Gasteiger partial charge in [-0.3, -0.25) is 0 Å². The van der Waals surface area contributed by atoms with Crippen molar-refractivity contribution < 1.29 is 15.3 Å². The second kappa shape index (κ2) is 1.68. The molecule has 0 aromatic carbocycles. The molecule has 3 N–H and O–H groups in total. The Kier molecular flexibility index (Phi) is 1.11. The molecule has 0 aromatic rings. The van der Waals surface area contributed by atoms with Crippen LogP contribution in [0.3, 0.4) is 0 Å². The topological polar surface area (TPSA) is 60.7 Å². The van der Waals surface area contributed by atoms with Gasteiger partial charge in [-0.15, -0.1) is 0 Å². The van der Waals surface area contributed by atoms with Crippen molar-refractivity contribution in [1.29, 1.82) is 0 Å². The predicted octanol–water partition coefficient (Wildman–Crippen LogP) is -0.725. The van der Waals surface area contributed by atoms with Crippen molar-refractivity contribution >= 4 is 0 Å². The minimum absolute atomic E-state index is 0.0894. The van der Waals surface area contributed by atoms with E-state index in [1.165, 1.54) is 0 Å². The number of hydrogen-bond acceptors (Lipinski definition) is 3. The molecular formula is C8H12O3. The summed E-state index contributed by atoms with van der Waals surface area (Å²) >= 11 is 0. The van der Waals surface area contributed by atoms with Crippen LogP contribution < -0.4 is 0 Å². The Bertz CT molecular complexity index is 225. The zero-order valence-corrected chi connectivity index (χ0v) is 6.36. The van der Waals surface area contributed by atoms with E-state index < -0.39 is 17.8 Å². The van der Waals surface area contributed by atoms with E-state index in [2.05, 4.69) is 6.58 Å². The lowest BCUT2D eigenvalue weighted by Crippen LogP contribution is -2.34. The summed E-state index contributed by atoms with van der Waals surface area (Å²) in [6.07, 6.45) is -1.63. The molecule has 2 aliphatic carbocycles. The molecule has 0 aliphatic heterocycles. The smallest absolute Gasteiger partial charge is 0.127 e. The minimum atomic E-state index is -1.27. The second-order valence-electron chi connectivity index (χ2n) is 3.62. The highest BCUT2D eigenvalue weighted by atomic mass is 16.4. The van der Waals surface area contributed by atoms with Crippen LogP contribution in [0.1, 0.15) is 6.92 Å². The van der Waals surface area contributed by atoms with Crippen LogP contribution in [0.25, 0.3) is 0 Å². The maximum absolute atomic E-state index is 9.59. The van der Waals surface area contributed by atoms with E-state index in [0.29, 0.717) is 0 Å². The standard InChI is InChI=1S/C8H12O3/c1-3-4(2)6(9)8(11)5(3)7(8)10/h4-7,9-11H,1H2,2H3/t4-,5-,6+,7?,8-/m1/s1. The maximum Gasteiger partial charge on any atom is 0.127 e. The van der Waals surface area contributed by atoms with Crippen LogP contribution >= 0.6 is 0 Å². The van der Waals surface area contributed by atoms with Crippen LogP contribution in [0.2, 0.25) is 0 Å². The average molecular weight is 156 g/mol. The molecule has 0 saturated heterocycles. The second-order valence-corrected chi connectivity index (χ2v) is 3.62. The van der Waals surface area contributed by atoms with E-state index in [1.54, 1.807) is 0 Å². The average Bonchev–Trinajstić information content (AvgIpc) is 2.46. The fraction of sp³-hybridized carbons (Fsp3) is 0.750. The van der Waals surface area contributed by atoms with E-state index in [-0.39, 0.29) is 11.8 Å². The minimum Gasteiger partial charge on any atom is -0.389 e. The van der Waals surface area contributed by atoms with Gasteiger partial charge < -0.3 is 15.3 Å². The molecule has 5 atom stereocenters.